The van der Waals surface area contributed by atoms with Crippen LogP contribution in [-0.4, -0.2) is 15.9 Å². The Bertz CT molecular complexity index is 878. The molecule has 106 valence electrons. The third-order valence-corrected chi connectivity index (χ3v) is 3.35. The fraction of sp³-hybridized carbons (Fsp3) is 0. The highest BCUT2D eigenvalue weighted by Crippen LogP contribution is 2.23. The van der Waals surface area contributed by atoms with Gasteiger partial charge in [-0.1, -0.05) is 29.3 Å². The molecule has 1 heterocycles. The molecule has 0 aliphatic rings. The van der Waals surface area contributed by atoms with E-state index in [0.29, 0.717) is 32.3 Å². The molecule has 21 heavy (non-hydrogen) atoms. The van der Waals surface area contributed by atoms with Crippen LogP contribution < -0.4 is 11.0 Å². The molecule has 1 aromatic heterocycles. The van der Waals surface area contributed by atoms with Gasteiger partial charge in [-0.2, -0.15) is 0 Å². The third-order valence-electron chi connectivity index (χ3n) is 2.92. The highest BCUT2D eigenvalue weighted by molar-refractivity contribution is 6.35. The van der Waals surface area contributed by atoms with Gasteiger partial charge in [0.05, 0.1) is 16.6 Å². The minimum absolute atomic E-state index is 0.349. The molecule has 0 aliphatic heterocycles. The van der Waals surface area contributed by atoms with E-state index in [0.717, 1.165) is 0 Å². The first kappa shape index (κ1) is 13.7. The van der Waals surface area contributed by atoms with Crippen molar-refractivity contribution in [1.29, 1.82) is 0 Å². The van der Waals surface area contributed by atoms with E-state index in [1.54, 1.807) is 36.4 Å². The highest BCUT2D eigenvalue weighted by Gasteiger charge is 2.12. The average molecular weight is 322 g/mol. The third kappa shape index (κ3) is 2.79. The predicted molar refractivity (Wildman–Crippen MR) is 83.3 cm³/mol. The van der Waals surface area contributed by atoms with Gasteiger partial charge in [0, 0.05) is 15.7 Å². The minimum Gasteiger partial charge on any atom is -0.322 e. The van der Waals surface area contributed by atoms with E-state index in [2.05, 4.69) is 15.3 Å². The summed E-state index contributed by atoms with van der Waals surface area (Å²) in [6.45, 7) is 0. The fourth-order valence-electron chi connectivity index (χ4n) is 2.07. The summed E-state index contributed by atoms with van der Waals surface area (Å²) in [5, 5.41) is 3.54. The van der Waals surface area contributed by atoms with Crippen LogP contribution in [0.15, 0.2) is 41.2 Å². The topological polar surface area (TPSA) is 77.8 Å². The lowest BCUT2D eigenvalue weighted by molar-refractivity contribution is 0.102. The Morgan fingerprint density at radius 3 is 2.48 bits per heavy atom. The molecule has 2 aromatic carbocycles. The lowest BCUT2D eigenvalue weighted by Crippen LogP contribution is -2.12. The quantitative estimate of drug-likeness (QED) is 0.676. The first-order valence-electron chi connectivity index (χ1n) is 6.01. The van der Waals surface area contributed by atoms with Crippen molar-refractivity contribution < 1.29 is 4.79 Å². The molecular formula is C14H9Cl2N3O2. The number of anilines is 1. The van der Waals surface area contributed by atoms with E-state index in [1.165, 1.54) is 0 Å². The summed E-state index contributed by atoms with van der Waals surface area (Å²) in [6, 6.07) is 9.76. The largest absolute Gasteiger partial charge is 0.323 e. The maximum atomic E-state index is 12.3. The molecule has 0 fully saturated rings. The van der Waals surface area contributed by atoms with Gasteiger partial charge in [-0.05, 0) is 30.3 Å². The molecule has 3 N–H and O–H groups in total. The van der Waals surface area contributed by atoms with Crippen LogP contribution in [0.1, 0.15) is 10.4 Å². The molecule has 0 radical (unpaired) electrons. The van der Waals surface area contributed by atoms with Gasteiger partial charge in [-0.25, -0.2) is 4.79 Å². The molecule has 3 rings (SSSR count). The first-order valence-corrected chi connectivity index (χ1v) is 6.77. The summed E-state index contributed by atoms with van der Waals surface area (Å²) in [6.07, 6.45) is 0. The molecular weight excluding hydrogens is 313 g/mol. The van der Waals surface area contributed by atoms with Gasteiger partial charge in [-0.3, -0.25) is 4.79 Å². The van der Waals surface area contributed by atoms with Crippen molar-refractivity contribution in [3.8, 4) is 0 Å². The van der Waals surface area contributed by atoms with E-state index < -0.39 is 0 Å². The number of nitrogens with one attached hydrogen (secondary N) is 3. The van der Waals surface area contributed by atoms with Gasteiger partial charge >= 0.3 is 5.69 Å². The van der Waals surface area contributed by atoms with E-state index in [4.69, 9.17) is 23.2 Å². The molecule has 0 saturated heterocycles. The molecule has 7 heteroatoms. The average Bonchev–Trinajstić information content (AvgIpc) is 2.77. The van der Waals surface area contributed by atoms with Crippen molar-refractivity contribution in [1.82, 2.24) is 9.97 Å². The number of carbonyl (C=O) groups excluding carboxylic acids is 1. The number of hydrogen-bond donors (Lipinski definition) is 3. The van der Waals surface area contributed by atoms with Gasteiger partial charge in [-0.15, -0.1) is 0 Å². The number of aromatic nitrogens is 2. The van der Waals surface area contributed by atoms with Gasteiger partial charge in [0.15, 0.2) is 0 Å². The molecule has 0 bridgehead atoms. The Hall–Kier alpha value is -2.24. The molecule has 0 spiro atoms. The minimum atomic E-state index is -0.366. The maximum Gasteiger partial charge on any atom is 0.323 e. The Morgan fingerprint density at radius 1 is 1.05 bits per heavy atom. The summed E-state index contributed by atoms with van der Waals surface area (Å²) in [5.41, 5.74) is 1.48. The summed E-state index contributed by atoms with van der Waals surface area (Å²) < 4.78 is 0. The van der Waals surface area contributed by atoms with Crippen molar-refractivity contribution in [3.05, 3.63) is 62.5 Å². The standard InChI is InChI=1S/C14H9Cl2N3O2/c15-7-4-8(16)6-9(5-7)17-13(20)10-2-1-3-11-12(10)19-14(21)18-11/h1-6H,(H,17,20)(H2,18,19,21). The zero-order chi connectivity index (χ0) is 15.0. The van der Waals surface area contributed by atoms with E-state index in [-0.39, 0.29) is 11.6 Å². The molecule has 1 amide bonds. The van der Waals surface area contributed by atoms with Crippen molar-refractivity contribution in [2.24, 2.45) is 0 Å². The second-order valence-corrected chi connectivity index (χ2v) is 5.29. The second kappa shape index (κ2) is 5.27. The molecule has 0 aliphatic carbocycles. The Balaban J connectivity index is 1.99. The summed E-state index contributed by atoms with van der Waals surface area (Å²) in [5.74, 6) is -0.366. The van der Waals surface area contributed by atoms with Crippen LogP contribution in [0.5, 0.6) is 0 Å². The zero-order valence-electron chi connectivity index (χ0n) is 10.5. The monoisotopic (exact) mass is 321 g/mol. The Labute approximate surface area is 128 Å². The number of carbonyl (C=O) groups is 1. The number of halogens is 2. The van der Waals surface area contributed by atoms with Crippen LogP contribution in [0.4, 0.5) is 5.69 Å². The summed E-state index contributed by atoms with van der Waals surface area (Å²) in [7, 11) is 0. The van der Waals surface area contributed by atoms with Crippen molar-refractivity contribution in [2.75, 3.05) is 5.32 Å². The van der Waals surface area contributed by atoms with Crippen LogP contribution in [0.25, 0.3) is 11.0 Å². The normalized spacial score (nSPS) is 10.8. The number of imidazole rings is 1. The Kier molecular flexibility index (Phi) is 3.45. The van der Waals surface area contributed by atoms with Crippen molar-refractivity contribution in [2.45, 2.75) is 0 Å². The number of para-hydroxylation sites is 1. The molecule has 3 aromatic rings. The van der Waals surface area contributed by atoms with E-state index in [9.17, 15) is 9.59 Å². The SMILES string of the molecule is O=C(Nc1cc(Cl)cc(Cl)c1)c1cccc2[nH]c(=O)[nH]c12. The van der Waals surface area contributed by atoms with Gasteiger partial charge in [0.25, 0.3) is 5.91 Å². The predicted octanol–water partition coefficient (Wildman–Crippen LogP) is 3.42. The van der Waals surface area contributed by atoms with E-state index >= 15 is 0 Å². The van der Waals surface area contributed by atoms with Crippen LogP contribution in [0, 0.1) is 0 Å². The molecule has 5 nitrogen and oxygen atoms in total. The van der Waals surface area contributed by atoms with Crippen molar-refractivity contribution in [3.63, 3.8) is 0 Å². The smallest absolute Gasteiger partial charge is 0.322 e. The van der Waals surface area contributed by atoms with Gasteiger partial charge in [0.1, 0.15) is 0 Å². The molecule has 0 saturated carbocycles. The summed E-state index contributed by atoms with van der Waals surface area (Å²) >= 11 is 11.8. The number of amides is 1. The van der Waals surface area contributed by atoms with Crippen LogP contribution in [-0.2, 0) is 0 Å². The fourth-order valence-corrected chi connectivity index (χ4v) is 2.60. The summed E-state index contributed by atoms with van der Waals surface area (Å²) in [4.78, 5) is 28.9. The number of rotatable bonds is 2. The van der Waals surface area contributed by atoms with Crippen LogP contribution in [0.2, 0.25) is 10.0 Å². The van der Waals surface area contributed by atoms with Gasteiger partial charge < -0.3 is 15.3 Å². The highest BCUT2D eigenvalue weighted by atomic mass is 35.5. The number of hydrogen-bond acceptors (Lipinski definition) is 2. The van der Waals surface area contributed by atoms with Gasteiger partial charge in [0.2, 0.25) is 0 Å². The molecule has 0 atom stereocenters. The maximum absolute atomic E-state index is 12.3. The number of H-pyrrole nitrogens is 2. The van der Waals surface area contributed by atoms with Crippen LogP contribution >= 0.6 is 23.2 Å². The first-order chi connectivity index (χ1) is 10.0. The second-order valence-electron chi connectivity index (χ2n) is 4.42. The number of fused-ring (bicyclic) bond motifs is 1. The van der Waals surface area contributed by atoms with E-state index in [1.807, 2.05) is 0 Å². The van der Waals surface area contributed by atoms with Crippen molar-refractivity contribution >= 4 is 45.8 Å². The zero-order valence-corrected chi connectivity index (χ0v) is 12.0. The lowest BCUT2D eigenvalue weighted by atomic mass is 10.1. The van der Waals surface area contributed by atoms with Crippen LogP contribution in [0.3, 0.4) is 0 Å². The molecule has 0 unspecified atom stereocenters. The lowest BCUT2D eigenvalue weighted by Gasteiger charge is -2.07. The Morgan fingerprint density at radius 2 is 1.76 bits per heavy atom. The number of benzene rings is 2. The number of aromatic amines is 2.